The number of thiazole rings is 1. The summed E-state index contributed by atoms with van der Waals surface area (Å²) < 4.78 is 36.9. The maximum absolute atomic E-state index is 12.3. The standard InChI is InChI=1S/C9H11F3N2S/c10-9(11,12)7-4-15-8(14-7)5-1-2-6(13)3-5/h4-6H,1-3,13H2. The van der Waals surface area contributed by atoms with E-state index >= 15 is 0 Å². The van der Waals surface area contributed by atoms with E-state index in [2.05, 4.69) is 4.98 Å². The van der Waals surface area contributed by atoms with Crippen LogP contribution in [-0.2, 0) is 6.18 Å². The first-order chi connectivity index (χ1) is 6.97. The molecule has 0 saturated heterocycles. The monoisotopic (exact) mass is 236 g/mol. The van der Waals surface area contributed by atoms with Crippen LogP contribution in [0.5, 0.6) is 0 Å². The van der Waals surface area contributed by atoms with E-state index in [1.807, 2.05) is 0 Å². The maximum Gasteiger partial charge on any atom is 0.434 e. The molecule has 2 unspecified atom stereocenters. The normalized spacial score (nSPS) is 27.2. The van der Waals surface area contributed by atoms with Gasteiger partial charge in [0.05, 0.1) is 5.01 Å². The van der Waals surface area contributed by atoms with E-state index in [4.69, 9.17) is 5.73 Å². The topological polar surface area (TPSA) is 38.9 Å². The highest BCUT2D eigenvalue weighted by molar-refractivity contribution is 7.09. The van der Waals surface area contributed by atoms with Gasteiger partial charge in [0.25, 0.3) is 0 Å². The molecular formula is C9H11F3N2S. The van der Waals surface area contributed by atoms with Crippen molar-refractivity contribution >= 4 is 11.3 Å². The summed E-state index contributed by atoms with van der Waals surface area (Å²) in [7, 11) is 0. The van der Waals surface area contributed by atoms with E-state index in [0.29, 0.717) is 5.01 Å². The second-order valence-electron chi connectivity index (χ2n) is 3.84. The summed E-state index contributed by atoms with van der Waals surface area (Å²) in [6, 6.07) is 0.119. The van der Waals surface area contributed by atoms with E-state index in [9.17, 15) is 13.2 Å². The van der Waals surface area contributed by atoms with Crippen molar-refractivity contribution in [2.45, 2.75) is 37.4 Å². The van der Waals surface area contributed by atoms with E-state index in [-0.39, 0.29) is 12.0 Å². The van der Waals surface area contributed by atoms with Crippen LogP contribution in [0, 0.1) is 0 Å². The SMILES string of the molecule is NC1CCC(c2nc(C(F)(F)F)cs2)C1. The van der Waals surface area contributed by atoms with Crippen molar-refractivity contribution in [1.29, 1.82) is 0 Å². The average molecular weight is 236 g/mol. The molecule has 84 valence electrons. The zero-order chi connectivity index (χ0) is 11.1. The van der Waals surface area contributed by atoms with Gasteiger partial charge in [-0.05, 0) is 19.3 Å². The molecule has 0 amide bonds. The van der Waals surface area contributed by atoms with Gasteiger partial charge in [-0.25, -0.2) is 4.98 Å². The van der Waals surface area contributed by atoms with Crippen molar-refractivity contribution < 1.29 is 13.2 Å². The third kappa shape index (κ3) is 2.31. The molecule has 1 fully saturated rings. The molecule has 15 heavy (non-hydrogen) atoms. The summed E-state index contributed by atoms with van der Waals surface area (Å²) in [4.78, 5) is 3.64. The number of nitrogens with zero attached hydrogens (tertiary/aromatic N) is 1. The molecule has 2 N–H and O–H groups in total. The first-order valence-corrected chi connectivity index (χ1v) is 5.63. The molecule has 1 aromatic heterocycles. The predicted octanol–water partition coefficient (Wildman–Crippen LogP) is 2.76. The molecule has 6 heteroatoms. The van der Waals surface area contributed by atoms with Crippen LogP contribution < -0.4 is 5.73 Å². The van der Waals surface area contributed by atoms with Crippen LogP contribution in [0.1, 0.15) is 35.9 Å². The Bertz CT molecular complexity index is 347. The Labute approximate surface area is 89.3 Å². The first kappa shape index (κ1) is 10.9. The Hall–Kier alpha value is -0.620. The lowest BCUT2D eigenvalue weighted by Crippen LogP contribution is -2.14. The van der Waals surface area contributed by atoms with Crippen molar-refractivity contribution in [3.63, 3.8) is 0 Å². The van der Waals surface area contributed by atoms with Crippen LogP contribution in [0.2, 0.25) is 0 Å². The van der Waals surface area contributed by atoms with Crippen molar-refractivity contribution in [2.75, 3.05) is 0 Å². The number of hydrogen-bond acceptors (Lipinski definition) is 3. The molecular weight excluding hydrogens is 225 g/mol. The van der Waals surface area contributed by atoms with E-state index in [1.54, 1.807) is 0 Å². The van der Waals surface area contributed by atoms with Gasteiger partial charge in [-0.1, -0.05) is 0 Å². The van der Waals surface area contributed by atoms with Crippen molar-refractivity contribution in [3.05, 3.63) is 16.1 Å². The number of hydrogen-bond donors (Lipinski definition) is 1. The number of rotatable bonds is 1. The molecule has 2 nitrogen and oxygen atoms in total. The number of alkyl halides is 3. The molecule has 1 aromatic rings. The van der Waals surface area contributed by atoms with Crippen LogP contribution in [0.25, 0.3) is 0 Å². The lowest BCUT2D eigenvalue weighted by Gasteiger charge is -2.05. The molecule has 2 atom stereocenters. The molecule has 0 radical (unpaired) electrons. The zero-order valence-corrected chi connectivity index (χ0v) is 8.74. The molecule has 0 spiro atoms. The molecule has 0 aliphatic heterocycles. The van der Waals surface area contributed by atoms with E-state index < -0.39 is 11.9 Å². The second kappa shape index (κ2) is 3.75. The molecule has 0 aromatic carbocycles. The fourth-order valence-corrected chi connectivity index (χ4v) is 2.82. The summed E-state index contributed by atoms with van der Waals surface area (Å²) in [5.41, 5.74) is 4.93. The summed E-state index contributed by atoms with van der Waals surface area (Å²) >= 11 is 1.09. The van der Waals surface area contributed by atoms with Gasteiger partial charge in [0.2, 0.25) is 0 Å². The fraction of sp³-hybridized carbons (Fsp3) is 0.667. The van der Waals surface area contributed by atoms with Gasteiger partial charge in [-0.2, -0.15) is 13.2 Å². The average Bonchev–Trinajstić information content (AvgIpc) is 2.69. The molecule has 2 rings (SSSR count). The van der Waals surface area contributed by atoms with E-state index in [1.165, 1.54) is 0 Å². The minimum atomic E-state index is -4.32. The minimum absolute atomic E-state index is 0.119. The summed E-state index contributed by atoms with van der Waals surface area (Å²) in [6.07, 6.45) is -1.84. The second-order valence-corrected chi connectivity index (χ2v) is 4.73. The molecule has 1 saturated carbocycles. The summed E-state index contributed by atoms with van der Waals surface area (Å²) in [6.45, 7) is 0. The lowest BCUT2D eigenvalue weighted by molar-refractivity contribution is -0.140. The first-order valence-electron chi connectivity index (χ1n) is 4.75. The highest BCUT2D eigenvalue weighted by Gasteiger charge is 2.35. The van der Waals surface area contributed by atoms with Crippen molar-refractivity contribution in [2.24, 2.45) is 5.73 Å². The zero-order valence-electron chi connectivity index (χ0n) is 7.92. The molecule has 1 aliphatic rings. The Morgan fingerprint density at radius 1 is 1.40 bits per heavy atom. The van der Waals surface area contributed by atoms with Gasteiger partial charge < -0.3 is 5.73 Å². The lowest BCUT2D eigenvalue weighted by atomic mass is 10.1. The minimum Gasteiger partial charge on any atom is -0.328 e. The fourth-order valence-electron chi connectivity index (χ4n) is 1.85. The molecule has 0 bridgehead atoms. The third-order valence-corrected chi connectivity index (χ3v) is 3.64. The Kier molecular flexibility index (Phi) is 2.72. The maximum atomic E-state index is 12.3. The van der Waals surface area contributed by atoms with Crippen LogP contribution in [0.3, 0.4) is 0 Å². The van der Waals surface area contributed by atoms with Crippen molar-refractivity contribution in [1.82, 2.24) is 4.98 Å². The highest BCUT2D eigenvalue weighted by Crippen LogP contribution is 2.38. The Morgan fingerprint density at radius 2 is 2.13 bits per heavy atom. The number of nitrogens with two attached hydrogens (primary N) is 1. The largest absolute Gasteiger partial charge is 0.434 e. The number of halogens is 3. The van der Waals surface area contributed by atoms with Crippen molar-refractivity contribution in [3.8, 4) is 0 Å². The van der Waals surface area contributed by atoms with Crippen LogP contribution in [-0.4, -0.2) is 11.0 Å². The Balaban J connectivity index is 2.14. The van der Waals surface area contributed by atoms with Crippen LogP contribution in [0.4, 0.5) is 13.2 Å². The van der Waals surface area contributed by atoms with Gasteiger partial charge >= 0.3 is 6.18 Å². The molecule has 1 aliphatic carbocycles. The summed E-state index contributed by atoms with van der Waals surface area (Å²) in [5.74, 6) is 0.126. The quantitative estimate of drug-likeness (QED) is 0.814. The third-order valence-electron chi connectivity index (χ3n) is 2.63. The van der Waals surface area contributed by atoms with Crippen LogP contribution >= 0.6 is 11.3 Å². The van der Waals surface area contributed by atoms with Crippen LogP contribution in [0.15, 0.2) is 5.38 Å². The van der Waals surface area contributed by atoms with Gasteiger partial charge in [0.1, 0.15) is 0 Å². The van der Waals surface area contributed by atoms with Gasteiger partial charge in [0.15, 0.2) is 5.69 Å². The number of aromatic nitrogens is 1. The van der Waals surface area contributed by atoms with Gasteiger partial charge in [0, 0.05) is 17.3 Å². The molecule has 1 heterocycles. The van der Waals surface area contributed by atoms with E-state index in [0.717, 1.165) is 36.0 Å². The summed E-state index contributed by atoms with van der Waals surface area (Å²) in [5, 5.41) is 1.66. The van der Waals surface area contributed by atoms with Gasteiger partial charge in [-0.15, -0.1) is 11.3 Å². The smallest absolute Gasteiger partial charge is 0.328 e. The highest BCUT2D eigenvalue weighted by atomic mass is 32.1. The Morgan fingerprint density at radius 3 is 2.60 bits per heavy atom. The predicted molar refractivity (Wildman–Crippen MR) is 51.7 cm³/mol. The van der Waals surface area contributed by atoms with Gasteiger partial charge in [-0.3, -0.25) is 0 Å².